The maximum Gasteiger partial charge on any atom is 0.410 e. The van der Waals surface area contributed by atoms with Gasteiger partial charge in [0.15, 0.2) is 0 Å². The lowest BCUT2D eigenvalue weighted by molar-refractivity contribution is 0.0147. The average Bonchev–Trinajstić information content (AvgIpc) is 2.79. The lowest BCUT2D eigenvalue weighted by Gasteiger charge is -2.35. The topological polar surface area (TPSA) is 99.3 Å². The van der Waals surface area contributed by atoms with Crippen LogP contribution in [0.25, 0.3) is 0 Å². The number of nitrogens with zero attached hydrogens (tertiary/aromatic N) is 3. The monoisotopic (exact) mass is 480 g/mol. The highest BCUT2D eigenvalue weighted by molar-refractivity contribution is 7.89. The van der Waals surface area contributed by atoms with Crippen LogP contribution in [-0.4, -0.2) is 92.5 Å². The van der Waals surface area contributed by atoms with Crippen LogP contribution in [0.5, 0.6) is 0 Å². The van der Waals surface area contributed by atoms with E-state index in [9.17, 15) is 18.0 Å². The highest BCUT2D eigenvalue weighted by atomic mass is 32.2. The summed E-state index contributed by atoms with van der Waals surface area (Å²) in [6, 6.07) is 6.14. The number of carbonyl (C=O) groups is 2. The van der Waals surface area contributed by atoms with E-state index in [1.807, 2.05) is 20.8 Å². The van der Waals surface area contributed by atoms with Gasteiger partial charge in [-0.05, 0) is 57.9 Å². The van der Waals surface area contributed by atoms with Crippen molar-refractivity contribution in [2.24, 2.45) is 0 Å². The van der Waals surface area contributed by atoms with Crippen LogP contribution in [0.2, 0.25) is 0 Å². The van der Waals surface area contributed by atoms with Crippen molar-refractivity contribution in [1.29, 1.82) is 0 Å². The van der Waals surface area contributed by atoms with E-state index in [4.69, 9.17) is 4.74 Å². The Morgan fingerprint density at radius 3 is 2.12 bits per heavy atom. The highest BCUT2D eigenvalue weighted by Gasteiger charge is 2.27. The molecule has 2 aliphatic rings. The lowest BCUT2D eigenvalue weighted by Crippen LogP contribution is -2.51. The number of hydrogen-bond donors (Lipinski definition) is 1. The van der Waals surface area contributed by atoms with Gasteiger partial charge in [-0.25, -0.2) is 13.2 Å². The molecule has 0 radical (unpaired) electrons. The fourth-order valence-corrected chi connectivity index (χ4v) is 5.46. The van der Waals surface area contributed by atoms with Gasteiger partial charge in [-0.15, -0.1) is 0 Å². The van der Waals surface area contributed by atoms with Gasteiger partial charge in [0.25, 0.3) is 5.91 Å². The van der Waals surface area contributed by atoms with E-state index in [0.29, 0.717) is 44.8 Å². The SMILES string of the molecule is CC(C)(C)OC(=O)N1CCN(CCNC(=O)c2ccc(S(=O)(=O)N3CCCCC3)cc2)CC1. The molecule has 2 heterocycles. The van der Waals surface area contributed by atoms with Crippen LogP contribution < -0.4 is 5.32 Å². The zero-order chi connectivity index (χ0) is 24.1. The third-order valence-corrected chi connectivity index (χ3v) is 7.72. The second-order valence-corrected chi connectivity index (χ2v) is 11.5. The maximum atomic E-state index is 12.7. The van der Waals surface area contributed by atoms with Crippen molar-refractivity contribution in [2.75, 3.05) is 52.4 Å². The summed E-state index contributed by atoms with van der Waals surface area (Å²) in [5.74, 6) is -0.232. The Morgan fingerprint density at radius 2 is 1.55 bits per heavy atom. The minimum Gasteiger partial charge on any atom is -0.444 e. The largest absolute Gasteiger partial charge is 0.444 e. The molecule has 0 bridgehead atoms. The van der Waals surface area contributed by atoms with E-state index in [2.05, 4.69) is 10.2 Å². The Balaban J connectivity index is 1.42. The lowest BCUT2D eigenvalue weighted by atomic mass is 10.2. The van der Waals surface area contributed by atoms with Crippen LogP contribution in [0, 0.1) is 0 Å². The summed E-state index contributed by atoms with van der Waals surface area (Å²) in [6.45, 7) is 10.4. The molecule has 3 rings (SSSR count). The first kappa shape index (κ1) is 25.5. The molecular formula is C23H36N4O5S. The maximum absolute atomic E-state index is 12.7. The average molecular weight is 481 g/mol. The van der Waals surface area contributed by atoms with Gasteiger partial charge < -0.3 is 15.0 Å². The molecule has 2 fully saturated rings. The molecule has 2 aliphatic heterocycles. The van der Waals surface area contributed by atoms with Gasteiger partial charge in [-0.1, -0.05) is 6.42 Å². The van der Waals surface area contributed by atoms with E-state index in [1.165, 1.54) is 16.4 Å². The van der Waals surface area contributed by atoms with Gasteiger partial charge >= 0.3 is 6.09 Å². The number of sulfonamides is 1. The second kappa shape index (κ2) is 10.8. The summed E-state index contributed by atoms with van der Waals surface area (Å²) in [6.07, 6.45) is 2.54. The number of carbonyl (C=O) groups excluding carboxylic acids is 2. The zero-order valence-electron chi connectivity index (χ0n) is 19.9. The summed E-state index contributed by atoms with van der Waals surface area (Å²) in [7, 11) is -3.50. The van der Waals surface area contributed by atoms with Crippen molar-refractivity contribution in [2.45, 2.75) is 50.5 Å². The molecular weight excluding hydrogens is 444 g/mol. The summed E-state index contributed by atoms with van der Waals surface area (Å²) in [4.78, 5) is 28.7. The summed E-state index contributed by atoms with van der Waals surface area (Å²) < 4.78 is 32.4. The van der Waals surface area contributed by atoms with E-state index in [-0.39, 0.29) is 16.9 Å². The number of piperidine rings is 1. The molecule has 0 aromatic heterocycles. The van der Waals surface area contributed by atoms with Crippen molar-refractivity contribution in [3.05, 3.63) is 29.8 Å². The number of amides is 2. The van der Waals surface area contributed by atoms with Crippen molar-refractivity contribution in [3.8, 4) is 0 Å². The molecule has 1 aromatic carbocycles. The molecule has 0 spiro atoms. The number of piperazine rings is 1. The van der Waals surface area contributed by atoms with Gasteiger partial charge in [0, 0.05) is 57.9 Å². The minimum atomic E-state index is -3.50. The number of ether oxygens (including phenoxy) is 1. The third kappa shape index (κ3) is 7.15. The quantitative estimate of drug-likeness (QED) is 0.670. The van der Waals surface area contributed by atoms with E-state index in [0.717, 1.165) is 32.4 Å². The van der Waals surface area contributed by atoms with E-state index in [1.54, 1.807) is 17.0 Å². The Kier molecular flexibility index (Phi) is 8.36. The van der Waals surface area contributed by atoms with Crippen molar-refractivity contribution in [3.63, 3.8) is 0 Å². The second-order valence-electron chi connectivity index (χ2n) is 9.55. The molecule has 1 aromatic rings. The number of nitrogens with one attached hydrogen (secondary N) is 1. The first-order valence-electron chi connectivity index (χ1n) is 11.6. The molecule has 9 nitrogen and oxygen atoms in total. The van der Waals surface area contributed by atoms with Gasteiger partial charge in [0.05, 0.1) is 4.90 Å². The standard InChI is InChI=1S/C23H36N4O5S/c1-23(2,3)32-22(29)26-17-15-25(16-18-26)14-11-24-21(28)19-7-9-20(10-8-19)33(30,31)27-12-5-4-6-13-27/h7-10H,4-6,11-18H2,1-3H3,(H,24,28). The van der Waals surface area contributed by atoms with Gasteiger partial charge in [-0.2, -0.15) is 4.31 Å². The van der Waals surface area contributed by atoms with Crippen LogP contribution in [0.15, 0.2) is 29.2 Å². The normalized spacial score (nSPS) is 18.7. The summed E-state index contributed by atoms with van der Waals surface area (Å²) in [5, 5.41) is 2.89. The van der Waals surface area contributed by atoms with Crippen LogP contribution in [0.4, 0.5) is 4.79 Å². The first-order valence-corrected chi connectivity index (χ1v) is 13.1. The number of rotatable bonds is 6. The van der Waals surface area contributed by atoms with Crippen LogP contribution in [-0.2, 0) is 14.8 Å². The number of benzene rings is 1. The molecule has 2 saturated heterocycles. The molecule has 2 amide bonds. The van der Waals surface area contributed by atoms with Crippen molar-refractivity contribution in [1.82, 2.24) is 19.4 Å². The molecule has 10 heteroatoms. The van der Waals surface area contributed by atoms with Crippen LogP contribution in [0.3, 0.4) is 0 Å². The van der Waals surface area contributed by atoms with Gasteiger partial charge in [0.2, 0.25) is 10.0 Å². The minimum absolute atomic E-state index is 0.226. The first-order chi connectivity index (χ1) is 15.6. The van der Waals surface area contributed by atoms with Gasteiger partial charge in [-0.3, -0.25) is 9.69 Å². The predicted octanol–water partition coefficient (Wildman–Crippen LogP) is 2.14. The predicted molar refractivity (Wildman–Crippen MR) is 126 cm³/mol. The molecule has 0 atom stereocenters. The van der Waals surface area contributed by atoms with E-state index < -0.39 is 15.6 Å². The molecule has 1 N–H and O–H groups in total. The Labute approximate surface area is 197 Å². The fourth-order valence-electron chi connectivity index (χ4n) is 3.94. The van der Waals surface area contributed by atoms with Crippen molar-refractivity contribution >= 4 is 22.0 Å². The molecule has 0 unspecified atom stereocenters. The summed E-state index contributed by atoms with van der Waals surface area (Å²) >= 11 is 0. The fraction of sp³-hybridized carbons (Fsp3) is 0.652. The van der Waals surface area contributed by atoms with E-state index >= 15 is 0 Å². The smallest absolute Gasteiger partial charge is 0.410 e. The summed E-state index contributed by atoms with van der Waals surface area (Å²) in [5.41, 5.74) is -0.0728. The Morgan fingerprint density at radius 1 is 0.939 bits per heavy atom. The highest BCUT2D eigenvalue weighted by Crippen LogP contribution is 2.21. The molecule has 0 aliphatic carbocycles. The molecule has 33 heavy (non-hydrogen) atoms. The molecule has 0 saturated carbocycles. The van der Waals surface area contributed by atoms with Gasteiger partial charge in [0.1, 0.15) is 5.60 Å². The zero-order valence-corrected chi connectivity index (χ0v) is 20.7. The Bertz CT molecular complexity index is 913. The Hall–Kier alpha value is -2.17. The number of hydrogen-bond acceptors (Lipinski definition) is 6. The third-order valence-electron chi connectivity index (χ3n) is 5.81. The van der Waals surface area contributed by atoms with Crippen LogP contribution in [0.1, 0.15) is 50.4 Å². The van der Waals surface area contributed by atoms with Crippen LogP contribution >= 0.6 is 0 Å². The molecule has 184 valence electrons. The van der Waals surface area contributed by atoms with Crippen molar-refractivity contribution < 1.29 is 22.7 Å².